The zero-order valence-corrected chi connectivity index (χ0v) is 8.48. The summed E-state index contributed by atoms with van der Waals surface area (Å²) in [6.07, 6.45) is 1.02. The average Bonchev–Trinajstić information content (AvgIpc) is 2.18. The van der Waals surface area contributed by atoms with Crippen molar-refractivity contribution in [1.82, 2.24) is 5.32 Å². The van der Waals surface area contributed by atoms with Gasteiger partial charge in [-0.3, -0.25) is 0 Å². The lowest BCUT2D eigenvalue weighted by Gasteiger charge is -2.13. The van der Waals surface area contributed by atoms with Gasteiger partial charge in [-0.05, 0) is 37.6 Å². The molecule has 0 aromatic heterocycles. The van der Waals surface area contributed by atoms with E-state index in [0.29, 0.717) is 0 Å². The maximum Gasteiger partial charge on any atom is 0.159 e. The van der Waals surface area contributed by atoms with E-state index >= 15 is 0 Å². The van der Waals surface area contributed by atoms with E-state index in [2.05, 4.69) is 12.2 Å². The number of nitrogens with one attached hydrogen (secondary N) is 1. The van der Waals surface area contributed by atoms with Crippen LogP contribution in [0, 0.1) is 11.6 Å². The molecule has 0 aliphatic carbocycles. The molecule has 1 atom stereocenters. The smallest absolute Gasteiger partial charge is 0.159 e. The molecule has 3 heteroatoms. The van der Waals surface area contributed by atoms with E-state index in [1.807, 2.05) is 6.92 Å². The molecule has 0 spiro atoms. The summed E-state index contributed by atoms with van der Waals surface area (Å²) in [4.78, 5) is 0. The molecule has 0 amide bonds. The summed E-state index contributed by atoms with van der Waals surface area (Å²) in [7, 11) is 0. The van der Waals surface area contributed by atoms with Gasteiger partial charge in [-0.1, -0.05) is 13.0 Å². The zero-order valence-electron chi connectivity index (χ0n) is 8.48. The molecule has 0 heterocycles. The monoisotopic (exact) mass is 199 g/mol. The van der Waals surface area contributed by atoms with E-state index in [1.165, 1.54) is 6.07 Å². The Hall–Kier alpha value is -0.960. The van der Waals surface area contributed by atoms with Crippen LogP contribution in [0.1, 0.15) is 31.9 Å². The topological polar surface area (TPSA) is 12.0 Å². The van der Waals surface area contributed by atoms with E-state index in [-0.39, 0.29) is 6.04 Å². The minimum atomic E-state index is -0.795. The summed E-state index contributed by atoms with van der Waals surface area (Å²) in [5.74, 6) is -1.58. The minimum Gasteiger partial charge on any atom is -0.310 e. The summed E-state index contributed by atoms with van der Waals surface area (Å²) in [6, 6.07) is 4.06. The van der Waals surface area contributed by atoms with Crippen LogP contribution in [0.3, 0.4) is 0 Å². The van der Waals surface area contributed by atoms with Crippen molar-refractivity contribution in [3.63, 3.8) is 0 Å². The van der Waals surface area contributed by atoms with Gasteiger partial charge in [-0.2, -0.15) is 0 Å². The van der Waals surface area contributed by atoms with Crippen molar-refractivity contribution in [2.75, 3.05) is 6.54 Å². The number of halogens is 2. The maximum absolute atomic E-state index is 12.9. The fourth-order valence-corrected chi connectivity index (χ4v) is 1.26. The summed E-state index contributed by atoms with van der Waals surface area (Å²) in [6.45, 7) is 4.87. The molecule has 1 aromatic rings. The molecule has 0 saturated carbocycles. The standard InChI is InChI=1S/C11H15F2N/c1-3-6-14-8(2)9-4-5-10(12)11(13)7-9/h4-5,7-8,14H,3,6H2,1-2H3/t8-/m1/s1. The second-order valence-corrected chi connectivity index (χ2v) is 3.35. The Kier molecular flexibility index (Phi) is 4.01. The Morgan fingerprint density at radius 2 is 2.00 bits per heavy atom. The van der Waals surface area contributed by atoms with Crippen LogP contribution < -0.4 is 5.32 Å². The van der Waals surface area contributed by atoms with Gasteiger partial charge in [-0.15, -0.1) is 0 Å². The van der Waals surface area contributed by atoms with Crippen LogP contribution in [0.4, 0.5) is 8.78 Å². The van der Waals surface area contributed by atoms with Gasteiger partial charge >= 0.3 is 0 Å². The third kappa shape index (κ3) is 2.77. The van der Waals surface area contributed by atoms with E-state index in [1.54, 1.807) is 6.07 Å². The van der Waals surface area contributed by atoms with Crippen molar-refractivity contribution >= 4 is 0 Å². The van der Waals surface area contributed by atoms with E-state index in [0.717, 1.165) is 24.6 Å². The van der Waals surface area contributed by atoms with Gasteiger partial charge in [0.2, 0.25) is 0 Å². The summed E-state index contributed by atoms with van der Waals surface area (Å²) >= 11 is 0. The van der Waals surface area contributed by atoms with Crippen LogP contribution in [-0.4, -0.2) is 6.54 Å². The van der Waals surface area contributed by atoms with Gasteiger partial charge < -0.3 is 5.32 Å². The molecule has 1 aromatic carbocycles. The van der Waals surface area contributed by atoms with E-state index < -0.39 is 11.6 Å². The first-order valence-corrected chi connectivity index (χ1v) is 4.83. The summed E-state index contributed by atoms with van der Waals surface area (Å²) in [5, 5.41) is 3.21. The van der Waals surface area contributed by atoms with E-state index in [9.17, 15) is 8.78 Å². The van der Waals surface area contributed by atoms with Gasteiger partial charge in [0, 0.05) is 6.04 Å². The fraction of sp³-hybridized carbons (Fsp3) is 0.455. The normalized spacial score (nSPS) is 12.9. The summed E-state index contributed by atoms with van der Waals surface area (Å²) < 4.78 is 25.5. The molecular weight excluding hydrogens is 184 g/mol. The highest BCUT2D eigenvalue weighted by Crippen LogP contribution is 2.15. The Bertz CT molecular complexity index is 299. The van der Waals surface area contributed by atoms with Crippen molar-refractivity contribution in [3.05, 3.63) is 35.4 Å². The highest BCUT2D eigenvalue weighted by Gasteiger charge is 2.07. The van der Waals surface area contributed by atoms with Crippen molar-refractivity contribution in [3.8, 4) is 0 Å². The van der Waals surface area contributed by atoms with Gasteiger partial charge in [0.05, 0.1) is 0 Å². The van der Waals surface area contributed by atoms with Crippen LogP contribution in [0.25, 0.3) is 0 Å². The van der Waals surface area contributed by atoms with Crippen LogP contribution in [0.2, 0.25) is 0 Å². The number of hydrogen-bond donors (Lipinski definition) is 1. The maximum atomic E-state index is 12.9. The lowest BCUT2D eigenvalue weighted by molar-refractivity contribution is 0.500. The van der Waals surface area contributed by atoms with Crippen molar-refractivity contribution in [2.45, 2.75) is 26.3 Å². The summed E-state index contributed by atoms with van der Waals surface area (Å²) in [5.41, 5.74) is 0.775. The van der Waals surface area contributed by atoms with Crippen LogP contribution in [0.5, 0.6) is 0 Å². The number of rotatable bonds is 4. The molecule has 14 heavy (non-hydrogen) atoms. The SMILES string of the molecule is CCCN[C@H](C)c1ccc(F)c(F)c1. The van der Waals surface area contributed by atoms with Gasteiger partial charge in [0.25, 0.3) is 0 Å². The molecule has 0 bridgehead atoms. The molecule has 0 unspecified atom stereocenters. The third-order valence-electron chi connectivity index (χ3n) is 2.14. The Balaban J connectivity index is 2.70. The van der Waals surface area contributed by atoms with Gasteiger partial charge in [0.15, 0.2) is 11.6 Å². The third-order valence-corrected chi connectivity index (χ3v) is 2.14. The number of benzene rings is 1. The van der Waals surface area contributed by atoms with Crippen molar-refractivity contribution in [1.29, 1.82) is 0 Å². The van der Waals surface area contributed by atoms with Gasteiger partial charge in [0.1, 0.15) is 0 Å². The highest BCUT2D eigenvalue weighted by atomic mass is 19.2. The molecule has 0 radical (unpaired) electrons. The predicted molar refractivity (Wildman–Crippen MR) is 53.1 cm³/mol. The Labute approximate surface area is 83.1 Å². The second kappa shape index (κ2) is 5.05. The first kappa shape index (κ1) is 11.1. The van der Waals surface area contributed by atoms with Crippen molar-refractivity contribution in [2.24, 2.45) is 0 Å². The second-order valence-electron chi connectivity index (χ2n) is 3.35. The molecule has 1 N–H and O–H groups in total. The Morgan fingerprint density at radius 3 is 2.57 bits per heavy atom. The molecule has 1 rings (SSSR count). The average molecular weight is 199 g/mol. The first-order valence-electron chi connectivity index (χ1n) is 4.83. The minimum absolute atomic E-state index is 0.0602. The molecule has 1 nitrogen and oxygen atoms in total. The van der Waals surface area contributed by atoms with Gasteiger partial charge in [-0.25, -0.2) is 8.78 Å². The first-order chi connectivity index (χ1) is 6.65. The number of hydrogen-bond acceptors (Lipinski definition) is 1. The molecule has 0 aliphatic heterocycles. The highest BCUT2D eigenvalue weighted by molar-refractivity contribution is 5.20. The predicted octanol–water partition coefficient (Wildman–Crippen LogP) is 3.03. The van der Waals surface area contributed by atoms with Crippen LogP contribution in [-0.2, 0) is 0 Å². The largest absolute Gasteiger partial charge is 0.310 e. The quantitative estimate of drug-likeness (QED) is 0.786. The molecule has 0 fully saturated rings. The molecule has 0 saturated heterocycles. The molecule has 0 aliphatic rings. The van der Waals surface area contributed by atoms with Crippen LogP contribution in [0.15, 0.2) is 18.2 Å². The van der Waals surface area contributed by atoms with Crippen LogP contribution >= 0.6 is 0 Å². The molecule has 78 valence electrons. The Morgan fingerprint density at radius 1 is 1.29 bits per heavy atom. The molecular formula is C11H15F2N. The van der Waals surface area contributed by atoms with Crippen molar-refractivity contribution < 1.29 is 8.78 Å². The zero-order chi connectivity index (χ0) is 10.6. The fourth-order valence-electron chi connectivity index (χ4n) is 1.26. The van der Waals surface area contributed by atoms with E-state index in [4.69, 9.17) is 0 Å². The lowest BCUT2D eigenvalue weighted by atomic mass is 10.1. The lowest BCUT2D eigenvalue weighted by Crippen LogP contribution is -2.19.